The average Bonchev–Trinajstić information content (AvgIpc) is 2.32. The first-order valence-corrected chi connectivity index (χ1v) is 6.60. The van der Waals surface area contributed by atoms with E-state index in [2.05, 4.69) is 5.32 Å². The lowest BCUT2D eigenvalue weighted by Gasteiger charge is -2.31. The fraction of sp³-hybridized carbons (Fsp3) is 0.571. The molecule has 0 aliphatic carbocycles. The van der Waals surface area contributed by atoms with Gasteiger partial charge in [0.25, 0.3) is 5.56 Å². The van der Waals surface area contributed by atoms with Crippen molar-refractivity contribution in [1.29, 1.82) is 0 Å². The Morgan fingerprint density at radius 3 is 2.65 bits per heavy atom. The van der Waals surface area contributed by atoms with Crippen molar-refractivity contribution in [3.8, 4) is 0 Å². The molecule has 1 aromatic rings. The first kappa shape index (κ1) is 16.2. The molecule has 20 heavy (non-hydrogen) atoms. The number of nitrogens with two attached hydrogens (primary N) is 1. The topological polar surface area (TPSA) is 97.3 Å². The number of carbonyl (C=O) groups is 1. The second-order valence-corrected chi connectivity index (χ2v) is 5.93. The number of hydrogen-bond acceptors (Lipinski definition) is 4. The van der Waals surface area contributed by atoms with Crippen LogP contribution in [0.15, 0.2) is 23.1 Å². The number of pyridine rings is 1. The molecule has 4 N–H and O–H groups in total. The number of aliphatic hydroxyl groups excluding tert-OH is 1. The fourth-order valence-electron chi connectivity index (χ4n) is 1.92. The Hall–Kier alpha value is -1.82. The third-order valence-corrected chi connectivity index (χ3v) is 3.12. The molecule has 1 atom stereocenters. The number of nitrogen functional groups attached to an aromatic ring is 1. The minimum absolute atomic E-state index is 0.000447. The van der Waals surface area contributed by atoms with Gasteiger partial charge in [-0.1, -0.05) is 20.8 Å². The van der Waals surface area contributed by atoms with E-state index in [9.17, 15) is 9.59 Å². The van der Waals surface area contributed by atoms with Crippen LogP contribution in [-0.4, -0.2) is 28.2 Å². The summed E-state index contributed by atoms with van der Waals surface area (Å²) >= 11 is 0. The number of hydrogen-bond donors (Lipinski definition) is 3. The van der Waals surface area contributed by atoms with Crippen LogP contribution in [-0.2, 0) is 11.3 Å². The molecule has 0 bridgehead atoms. The van der Waals surface area contributed by atoms with E-state index in [1.807, 2.05) is 20.8 Å². The Labute approximate surface area is 118 Å². The van der Waals surface area contributed by atoms with Gasteiger partial charge in [0.2, 0.25) is 5.91 Å². The predicted octanol–water partition coefficient (Wildman–Crippen LogP) is 0.344. The molecule has 0 radical (unpaired) electrons. The van der Waals surface area contributed by atoms with Crippen molar-refractivity contribution in [3.63, 3.8) is 0 Å². The van der Waals surface area contributed by atoms with Gasteiger partial charge in [-0.2, -0.15) is 0 Å². The van der Waals surface area contributed by atoms with Crippen LogP contribution in [0.25, 0.3) is 0 Å². The molecule has 0 fully saturated rings. The molecular weight excluding hydrogens is 258 g/mol. The summed E-state index contributed by atoms with van der Waals surface area (Å²) in [6.07, 6.45) is 1.92. The second-order valence-electron chi connectivity index (χ2n) is 5.93. The monoisotopic (exact) mass is 281 g/mol. The minimum Gasteiger partial charge on any atom is -0.398 e. The van der Waals surface area contributed by atoms with Crippen LogP contribution in [0.5, 0.6) is 0 Å². The maximum atomic E-state index is 12.0. The summed E-state index contributed by atoms with van der Waals surface area (Å²) in [6, 6.07) is 2.68. The molecule has 0 aliphatic heterocycles. The molecule has 0 saturated heterocycles. The summed E-state index contributed by atoms with van der Waals surface area (Å²) in [5.41, 5.74) is 5.59. The lowest BCUT2D eigenvalue weighted by molar-refractivity contribution is -0.123. The van der Waals surface area contributed by atoms with Gasteiger partial charge in [0, 0.05) is 30.6 Å². The van der Waals surface area contributed by atoms with Gasteiger partial charge in [-0.15, -0.1) is 0 Å². The van der Waals surface area contributed by atoms with Gasteiger partial charge >= 0.3 is 0 Å². The molecule has 1 unspecified atom stereocenters. The molecule has 0 aromatic carbocycles. The van der Waals surface area contributed by atoms with Crippen LogP contribution in [0.1, 0.15) is 27.2 Å². The normalized spacial score (nSPS) is 13.0. The molecule has 0 aliphatic rings. The van der Waals surface area contributed by atoms with Gasteiger partial charge in [-0.25, -0.2) is 0 Å². The number of carbonyl (C=O) groups excluding carboxylic acids is 1. The largest absolute Gasteiger partial charge is 0.398 e. The molecule has 1 amide bonds. The summed E-state index contributed by atoms with van der Waals surface area (Å²) < 4.78 is 1.27. The van der Waals surface area contributed by atoms with Gasteiger partial charge in [0.15, 0.2) is 0 Å². The van der Waals surface area contributed by atoms with Crippen molar-refractivity contribution in [2.75, 3.05) is 12.3 Å². The van der Waals surface area contributed by atoms with Crippen molar-refractivity contribution in [1.82, 2.24) is 9.88 Å². The lowest BCUT2D eigenvalue weighted by atomic mass is 9.85. The first-order chi connectivity index (χ1) is 9.24. The van der Waals surface area contributed by atoms with E-state index in [0.29, 0.717) is 12.1 Å². The SMILES string of the molecule is CC(C)(C)C(CCO)NC(=O)Cn1cc(N)ccc1=O. The van der Waals surface area contributed by atoms with Crippen LogP contribution >= 0.6 is 0 Å². The van der Waals surface area contributed by atoms with Crippen LogP contribution in [0, 0.1) is 5.41 Å². The van der Waals surface area contributed by atoms with Crippen LogP contribution < -0.4 is 16.6 Å². The molecule has 1 aromatic heterocycles. The molecule has 112 valence electrons. The van der Waals surface area contributed by atoms with Gasteiger partial charge in [0.1, 0.15) is 6.54 Å². The Kier molecular flexibility index (Phi) is 5.33. The molecule has 1 rings (SSSR count). The Morgan fingerprint density at radius 1 is 1.45 bits per heavy atom. The second kappa shape index (κ2) is 6.56. The average molecular weight is 281 g/mol. The summed E-state index contributed by atoms with van der Waals surface area (Å²) in [6.45, 7) is 5.88. The standard InChI is InChI=1S/C14H23N3O3/c1-14(2,3)11(6-7-18)16-12(19)9-17-8-10(15)4-5-13(17)20/h4-5,8,11,18H,6-7,9,15H2,1-3H3,(H,16,19). The zero-order chi connectivity index (χ0) is 15.3. The molecule has 6 nitrogen and oxygen atoms in total. The quantitative estimate of drug-likeness (QED) is 0.725. The molecular formula is C14H23N3O3. The van der Waals surface area contributed by atoms with Crippen LogP contribution in [0.2, 0.25) is 0 Å². The first-order valence-electron chi connectivity index (χ1n) is 6.60. The van der Waals surface area contributed by atoms with Crippen molar-refractivity contribution >= 4 is 11.6 Å². The number of aromatic nitrogens is 1. The van der Waals surface area contributed by atoms with Crippen molar-refractivity contribution in [2.24, 2.45) is 5.41 Å². The van der Waals surface area contributed by atoms with Crippen molar-refractivity contribution < 1.29 is 9.90 Å². The van der Waals surface area contributed by atoms with Crippen LogP contribution in [0.4, 0.5) is 5.69 Å². The summed E-state index contributed by atoms with van der Waals surface area (Å²) in [5, 5.41) is 11.9. The number of anilines is 1. The zero-order valence-corrected chi connectivity index (χ0v) is 12.2. The molecule has 6 heteroatoms. The van der Waals surface area contributed by atoms with E-state index in [1.54, 1.807) is 0 Å². The zero-order valence-electron chi connectivity index (χ0n) is 12.2. The Bertz CT molecular complexity index is 517. The lowest BCUT2D eigenvalue weighted by Crippen LogP contribution is -2.46. The summed E-state index contributed by atoms with van der Waals surface area (Å²) in [5.74, 6) is -0.272. The van der Waals surface area contributed by atoms with E-state index in [0.717, 1.165) is 0 Å². The van der Waals surface area contributed by atoms with Gasteiger partial charge in [0.05, 0.1) is 0 Å². The van der Waals surface area contributed by atoms with E-state index >= 15 is 0 Å². The maximum Gasteiger partial charge on any atom is 0.251 e. The summed E-state index contributed by atoms with van der Waals surface area (Å²) in [7, 11) is 0. The van der Waals surface area contributed by atoms with E-state index < -0.39 is 0 Å². The molecule has 0 saturated carbocycles. The van der Waals surface area contributed by atoms with E-state index in [4.69, 9.17) is 10.8 Å². The number of aliphatic hydroxyl groups is 1. The highest BCUT2D eigenvalue weighted by molar-refractivity contribution is 5.76. The highest BCUT2D eigenvalue weighted by atomic mass is 16.3. The van der Waals surface area contributed by atoms with Gasteiger partial charge in [-0.3, -0.25) is 9.59 Å². The number of nitrogens with one attached hydrogen (secondary N) is 1. The van der Waals surface area contributed by atoms with Crippen LogP contribution in [0.3, 0.4) is 0 Å². The van der Waals surface area contributed by atoms with E-state index in [-0.39, 0.29) is 36.1 Å². The third-order valence-electron chi connectivity index (χ3n) is 3.12. The molecule has 1 heterocycles. The predicted molar refractivity (Wildman–Crippen MR) is 78.2 cm³/mol. The minimum atomic E-state index is -0.274. The Morgan fingerprint density at radius 2 is 2.10 bits per heavy atom. The van der Waals surface area contributed by atoms with Gasteiger partial charge < -0.3 is 20.7 Å². The highest BCUT2D eigenvalue weighted by Crippen LogP contribution is 2.21. The number of rotatable bonds is 5. The Balaban J connectivity index is 2.76. The maximum absolute atomic E-state index is 12.0. The molecule has 0 spiro atoms. The highest BCUT2D eigenvalue weighted by Gasteiger charge is 2.25. The van der Waals surface area contributed by atoms with Crippen molar-refractivity contribution in [3.05, 3.63) is 28.7 Å². The van der Waals surface area contributed by atoms with E-state index in [1.165, 1.54) is 22.9 Å². The van der Waals surface area contributed by atoms with Crippen molar-refractivity contribution in [2.45, 2.75) is 39.8 Å². The smallest absolute Gasteiger partial charge is 0.251 e. The summed E-state index contributed by atoms with van der Waals surface area (Å²) in [4.78, 5) is 23.6. The third kappa shape index (κ3) is 4.70. The number of amides is 1. The fourth-order valence-corrected chi connectivity index (χ4v) is 1.92. The number of nitrogens with zero attached hydrogens (tertiary/aromatic N) is 1. The van der Waals surface area contributed by atoms with Gasteiger partial charge in [-0.05, 0) is 17.9 Å².